The van der Waals surface area contributed by atoms with E-state index in [9.17, 15) is 0 Å². The Balaban J connectivity index is 1.91. The second-order valence-corrected chi connectivity index (χ2v) is 6.60. The largest absolute Gasteiger partial charge is 0.297 e. The molecule has 1 unspecified atom stereocenters. The number of rotatable bonds is 6. The number of hydrogen-bond donors (Lipinski definition) is 0. The average molecular weight is 348 g/mol. The summed E-state index contributed by atoms with van der Waals surface area (Å²) in [4.78, 5) is 8.39. The van der Waals surface area contributed by atoms with E-state index in [1.807, 2.05) is 22.8 Å². The van der Waals surface area contributed by atoms with E-state index in [-0.39, 0.29) is 5.25 Å². The average Bonchev–Trinajstić information content (AvgIpc) is 3.05. The van der Waals surface area contributed by atoms with Gasteiger partial charge in [0, 0.05) is 24.2 Å². The van der Waals surface area contributed by atoms with E-state index in [1.54, 1.807) is 42.5 Å². The van der Waals surface area contributed by atoms with Gasteiger partial charge in [-0.1, -0.05) is 30.0 Å². The highest BCUT2D eigenvalue weighted by atomic mass is 32.2. The van der Waals surface area contributed by atoms with Crippen LogP contribution in [0.2, 0.25) is 0 Å². The Kier molecular flexibility index (Phi) is 5.21. The van der Waals surface area contributed by atoms with Crippen molar-refractivity contribution < 1.29 is 0 Å². The van der Waals surface area contributed by atoms with Crippen LogP contribution in [0, 0.1) is 11.3 Å². The van der Waals surface area contributed by atoms with Crippen molar-refractivity contribution in [2.45, 2.75) is 23.9 Å². The Morgan fingerprint density at radius 2 is 2.24 bits per heavy atom. The zero-order chi connectivity index (χ0) is 17.6. The number of allylic oxidation sites excluding steroid dienone is 1. The number of nitrogens with zero attached hydrogens (tertiary/aromatic N) is 6. The first-order chi connectivity index (χ1) is 12.2. The highest BCUT2D eigenvalue weighted by Gasteiger charge is 2.18. The van der Waals surface area contributed by atoms with Gasteiger partial charge in [-0.2, -0.15) is 5.26 Å². The van der Waals surface area contributed by atoms with Crippen molar-refractivity contribution in [1.29, 1.82) is 5.26 Å². The lowest BCUT2D eigenvalue weighted by molar-refractivity contribution is 0.727. The molecule has 25 heavy (non-hydrogen) atoms. The zero-order valence-electron chi connectivity index (χ0n) is 13.7. The lowest BCUT2D eigenvalue weighted by Crippen LogP contribution is -2.02. The Labute approximate surface area is 150 Å². The maximum atomic E-state index is 9.07. The number of benzene rings is 1. The fourth-order valence-corrected chi connectivity index (χ4v) is 3.34. The minimum Gasteiger partial charge on any atom is -0.297 e. The van der Waals surface area contributed by atoms with Crippen molar-refractivity contribution in [3.63, 3.8) is 0 Å². The summed E-state index contributed by atoms with van der Waals surface area (Å²) in [6.45, 7) is 6.47. The highest BCUT2D eigenvalue weighted by Crippen LogP contribution is 2.35. The summed E-state index contributed by atoms with van der Waals surface area (Å²) in [6.07, 6.45) is 6.72. The van der Waals surface area contributed by atoms with Crippen molar-refractivity contribution in [1.82, 2.24) is 24.7 Å². The molecule has 0 radical (unpaired) electrons. The predicted molar refractivity (Wildman–Crippen MR) is 96.7 cm³/mol. The molecule has 0 saturated carbocycles. The third kappa shape index (κ3) is 3.75. The molecule has 3 rings (SSSR count). The van der Waals surface area contributed by atoms with Crippen LogP contribution in [0.15, 0.2) is 60.7 Å². The molecule has 2 aromatic heterocycles. The molecule has 0 spiro atoms. The molecule has 2 heterocycles. The van der Waals surface area contributed by atoms with Gasteiger partial charge in [0.25, 0.3) is 0 Å². The smallest absolute Gasteiger partial charge is 0.192 e. The maximum absolute atomic E-state index is 9.07. The number of nitriles is 1. The van der Waals surface area contributed by atoms with Gasteiger partial charge in [-0.3, -0.25) is 9.55 Å². The summed E-state index contributed by atoms with van der Waals surface area (Å²) in [5.41, 5.74) is 2.39. The number of aromatic nitrogens is 5. The SMILES string of the molecule is C=CCn1c(SC(C)c2cccc(C#N)c2)nnc1-c1cnccn1. The fraction of sp³-hybridized carbons (Fsp3) is 0.167. The van der Waals surface area contributed by atoms with Gasteiger partial charge in [0.1, 0.15) is 5.69 Å². The van der Waals surface area contributed by atoms with E-state index < -0.39 is 0 Å². The minimum atomic E-state index is 0.121. The fourth-order valence-electron chi connectivity index (χ4n) is 2.36. The van der Waals surface area contributed by atoms with Crippen LogP contribution in [0.4, 0.5) is 0 Å². The van der Waals surface area contributed by atoms with Gasteiger partial charge in [0.05, 0.1) is 17.8 Å². The van der Waals surface area contributed by atoms with Crippen molar-refractivity contribution in [3.8, 4) is 17.6 Å². The van der Waals surface area contributed by atoms with Crippen LogP contribution in [0.5, 0.6) is 0 Å². The molecule has 1 aromatic carbocycles. The first kappa shape index (κ1) is 16.9. The predicted octanol–water partition coefficient (Wildman–Crippen LogP) is 3.65. The van der Waals surface area contributed by atoms with E-state index in [1.165, 1.54) is 0 Å². The lowest BCUT2D eigenvalue weighted by atomic mass is 10.1. The number of thioether (sulfide) groups is 1. The Morgan fingerprint density at radius 1 is 1.36 bits per heavy atom. The van der Waals surface area contributed by atoms with E-state index in [0.717, 1.165) is 10.7 Å². The van der Waals surface area contributed by atoms with Gasteiger partial charge in [-0.25, -0.2) is 4.98 Å². The lowest BCUT2D eigenvalue weighted by Gasteiger charge is -2.12. The summed E-state index contributed by atoms with van der Waals surface area (Å²) in [6, 6.07) is 9.77. The molecule has 3 aromatic rings. The van der Waals surface area contributed by atoms with E-state index in [0.29, 0.717) is 23.6 Å². The van der Waals surface area contributed by atoms with Gasteiger partial charge >= 0.3 is 0 Å². The first-order valence-electron chi connectivity index (χ1n) is 7.70. The van der Waals surface area contributed by atoms with Crippen LogP contribution in [-0.4, -0.2) is 24.7 Å². The third-order valence-electron chi connectivity index (χ3n) is 3.59. The van der Waals surface area contributed by atoms with Crippen molar-refractivity contribution >= 4 is 11.8 Å². The molecular weight excluding hydrogens is 332 g/mol. The molecular formula is C18H16N6S. The zero-order valence-corrected chi connectivity index (χ0v) is 14.5. The van der Waals surface area contributed by atoms with Crippen LogP contribution in [0.25, 0.3) is 11.5 Å². The topological polar surface area (TPSA) is 80.3 Å². The first-order valence-corrected chi connectivity index (χ1v) is 8.58. The molecule has 7 heteroatoms. The Bertz CT molecular complexity index is 913. The summed E-state index contributed by atoms with van der Waals surface area (Å²) in [7, 11) is 0. The molecule has 0 bridgehead atoms. The summed E-state index contributed by atoms with van der Waals surface area (Å²) in [5, 5.41) is 18.6. The molecule has 124 valence electrons. The van der Waals surface area contributed by atoms with Crippen LogP contribution in [0.3, 0.4) is 0 Å². The van der Waals surface area contributed by atoms with Gasteiger partial charge in [0.2, 0.25) is 0 Å². The number of hydrogen-bond acceptors (Lipinski definition) is 6. The van der Waals surface area contributed by atoms with Crippen molar-refractivity contribution in [2.24, 2.45) is 0 Å². The molecule has 0 aliphatic rings. The molecule has 0 fully saturated rings. The summed E-state index contributed by atoms with van der Waals surface area (Å²) in [5.74, 6) is 0.661. The second-order valence-electron chi connectivity index (χ2n) is 5.29. The molecule has 0 amide bonds. The Hall–Kier alpha value is -2.98. The van der Waals surface area contributed by atoms with Gasteiger partial charge < -0.3 is 0 Å². The summed E-state index contributed by atoms with van der Waals surface area (Å²) < 4.78 is 1.96. The van der Waals surface area contributed by atoms with Crippen molar-refractivity contribution in [3.05, 3.63) is 66.6 Å². The molecule has 0 saturated heterocycles. The van der Waals surface area contributed by atoms with Crippen molar-refractivity contribution in [2.75, 3.05) is 0 Å². The quantitative estimate of drug-likeness (QED) is 0.500. The molecule has 0 N–H and O–H groups in total. The monoisotopic (exact) mass is 348 g/mol. The normalized spacial score (nSPS) is 11.7. The van der Waals surface area contributed by atoms with Crippen LogP contribution in [0.1, 0.15) is 23.3 Å². The standard InChI is InChI=1S/C18H16N6S/c1-3-9-24-17(16-12-20-7-8-21-16)22-23-18(24)25-13(2)15-6-4-5-14(10-15)11-19/h3-8,10,12-13H,1,9H2,2H3. The summed E-state index contributed by atoms with van der Waals surface area (Å²) >= 11 is 1.58. The maximum Gasteiger partial charge on any atom is 0.192 e. The molecule has 0 aliphatic heterocycles. The van der Waals surface area contributed by atoms with Gasteiger partial charge in [-0.05, 0) is 24.6 Å². The van der Waals surface area contributed by atoms with Crippen LogP contribution >= 0.6 is 11.8 Å². The molecule has 0 aliphatic carbocycles. The minimum absolute atomic E-state index is 0.121. The van der Waals surface area contributed by atoms with E-state index >= 15 is 0 Å². The van der Waals surface area contributed by atoms with E-state index in [4.69, 9.17) is 5.26 Å². The highest BCUT2D eigenvalue weighted by molar-refractivity contribution is 7.99. The van der Waals surface area contributed by atoms with Gasteiger partial charge in [-0.15, -0.1) is 16.8 Å². The van der Waals surface area contributed by atoms with Crippen LogP contribution in [-0.2, 0) is 6.54 Å². The third-order valence-corrected chi connectivity index (χ3v) is 4.73. The van der Waals surface area contributed by atoms with Crippen LogP contribution < -0.4 is 0 Å². The second kappa shape index (κ2) is 7.73. The van der Waals surface area contributed by atoms with Gasteiger partial charge in [0.15, 0.2) is 11.0 Å². The molecule has 1 atom stereocenters. The Morgan fingerprint density at radius 3 is 2.96 bits per heavy atom. The van der Waals surface area contributed by atoms with E-state index in [2.05, 4.69) is 39.7 Å². The molecule has 6 nitrogen and oxygen atoms in total.